The zero-order valence-corrected chi connectivity index (χ0v) is 5.42. The molecular weight excluding hydrogens is 116 g/mol. The van der Waals surface area contributed by atoms with Gasteiger partial charge in [0.05, 0.1) is 0 Å². The smallest absolute Gasteiger partial charge is 0.180 e. The molecule has 0 aromatic rings. The van der Waals surface area contributed by atoms with Gasteiger partial charge in [0.15, 0.2) is 5.90 Å². The fourth-order valence-corrected chi connectivity index (χ4v) is 1.37. The first-order valence-electron chi connectivity index (χ1n) is 3.28. The summed E-state index contributed by atoms with van der Waals surface area (Å²) in [5, 5.41) is 3.21. The topological polar surface area (TPSA) is 33.6 Å². The van der Waals surface area contributed by atoms with E-state index in [0.29, 0.717) is 12.1 Å². The highest BCUT2D eigenvalue weighted by molar-refractivity contribution is 5.75. The minimum absolute atomic E-state index is 0.338. The van der Waals surface area contributed by atoms with E-state index in [4.69, 9.17) is 4.74 Å². The molecule has 2 rings (SSSR count). The van der Waals surface area contributed by atoms with Crippen LogP contribution in [0.5, 0.6) is 0 Å². The van der Waals surface area contributed by atoms with Crippen LogP contribution in [-0.2, 0) is 4.74 Å². The first-order chi connectivity index (χ1) is 4.36. The fourth-order valence-electron chi connectivity index (χ4n) is 1.37. The Labute approximate surface area is 54.1 Å². The zero-order valence-electron chi connectivity index (χ0n) is 5.42. The quantitative estimate of drug-likeness (QED) is 0.486. The van der Waals surface area contributed by atoms with Gasteiger partial charge in [0, 0.05) is 20.0 Å². The summed E-state index contributed by atoms with van der Waals surface area (Å²) in [7, 11) is 0. The third-order valence-corrected chi connectivity index (χ3v) is 1.80. The van der Waals surface area contributed by atoms with Crippen molar-refractivity contribution in [2.24, 2.45) is 4.99 Å². The van der Waals surface area contributed by atoms with Crippen LogP contribution in [0.4, 0.5) is 0 Å². The summed E-state index contributed by atoms with van der Waals surface area (Å²) < 4.78 is 5.37. The summed E-state index contributed by atoms with van der Waals surface area (Å²) in [5.41, 5.74) is 0. The van der Waals surface area contributed by atoms with Crippen LogP contribution < -0.4 is 5.32 Å². The Kier molecular flexibility index (Phi) is 0.990. The summed E-state index contributed by atoms with van der Waals surface area (Å²) >= 11 is 0. The van der Waals surface area contributed by atoms with E-state index in [0.717, 1.165) is 19.0 Å². The average Bonchev–Trinajstić information content (AvgIpc) is 2.22. The molecule has 1 N–H and O–H groups in total. The Morgan fingerprint density at radius 3 is 3.33 bits per heavy atom. The first kappa shape index (κ1) is 5.23. The fraction of sp³-hybridized carbons (Fsp3) is 0.833. The van der Waals surface area contributed by atoms with E-state index in [1.165, 1.54) is 0 Å². The predicted octanol–water partition coefficient (Wildman–Crippen LogP) is -0.225. The Hall–Kier alpha value is -0.570. The van der Waals surface area contributed by atoms with Gasteiger partial charge in [-0.15, -0.1) is 0 Å². The molecule has 3 heteroatoms. The highest BCUT2D eigenvalue weighted by Gasteiger charge is 2.32. The second-order valence-corrected chi connectivity index (χ2v) is 2.53. The van der Waals surface area contributed by atoms with Gasteiger partial charge in [-0.25, -0.2) is 4.99 Å². The van der Waals surface area contributed by atoms with E-state index in [1.54, 1.807) is 0 Å². The monoisotopic (exact) mass is 126 g/mol. The molecule has 2 heterocycles. The Morgan fingerprint density at radius 1 is 1.67 bits per heavy atom. The van der Waals surface area contributed by atoms with Gasteiger partial charge in [-0.3, -0.25) is 0 Å². The summed E-state index contributed by atoms with van der Waals surface area (Å²) in [4.78, 5) is 4.28. The van der Waals surface area contributed by atoms with Gasteiger partial charge in [0.1, 0.15) is 12.1 Å². The summed E-state index contributed by atoms with van der Waals surface area (Å²) in [6.45, 7) is 3.87. The molecule has 0 saturated carbocycles. The number of hydrogen-bond acceptors (Lipinski definition) is 3. The van der Waals surface area contributed by atoms with Gasteiger partial charge < -0.3 is 10.1 Å². The first-order valence-corrected chi connectivity index (χ1v) is 3.28. The molecule has 9 heavy (non-hydrogen) atoms. The maximum Gasteiger partial charge on any atom is 0.180 e. The van der Waals surface area contributed by atoms with Gasteiger partial charge in [-0.1, -0.05) is 0 Å². The van der Waals surface area contributed by atoms with Gasteiger partial charge in [-0.05, 0) is 0 Å². The van der Waals surface area contributed by atoms with Crippen molar-refractivity contribution in [3.63, 3.8) is 0 Å². The molecule has 50 valence electrons. The molecule has 2 atom stereocenters. The molecule has 2 aliphatic heterocycles. The Morgan fingerprint density at radius 2 is 2.56 bits per heavy atom. The minimum atomic E-state index is 0.338. The summed E-state index contributed by atoms with van der Waals surface area (Å²) in [6, 6.07) is 0.407. The normalized spacial score (nSPS) is 39.9. The molecule has 0 aromatic heterocycles. The van der Waals surface area contributed by atoms with Crippen molar-refractivity contribution in [3.8, 4) is 0 Å². The highest BCUT2D eigenvalue weighted by Crippen LogP contribution is 2.15. The predicted molar refractivity (Wildman–Crippen MR) is 34.6 cm³/mol. The third kappa shape index (κ3) is 0.721. The van der Waals surface area contributed by atoms with E-state index in [2.05, 4.69) is 10.3 Å². The molecule has 2 aliphatic rings. The molecule has 0 amide bonds. The van der Waals surface area contributed by atoms with Crippen LogP contribution in [0.15, 0.2) is 4.99 Å². The number of fused-ring (bicyclic) bond motifs is 1. The third-order valence-electron chi connectivity index (χ3n) is 1.80. The average molecular weight is 126 g/mol. The molecule has 0 spiro atoms. The van der Waals surface area contributed by atoms with E-state index in [-0.39, 0.29) is 0 Å². The molecule has 3 nitrogen and oxygen atoms in total. The number of rotatable bonds is 0. The van der Waals surface area contributed by atoms with Crippen molar-refractivity contribution in [1.82, 2.24) is 5.32 Å². The maximum atomic E-state index is 5.37. The van der Waals surface area contributed by atoms with E-state index < -0.39 is 0 Å². The van der Waals surface area contributed by atoms with Crippen LogP contribution in [0.1, 0.15) is 6.92 Å². The van der Waals surface area contributed by atoms with Crippen LogP contribution in [-0.4, -0.2) is 31.1 Å². The molecule has 2 unspecified atom stereocenters. The molecular formula is C6H10N2O. The van der Waals surface area contributed by atoms with Crippen molar-refractivity contribution >= 4 is 5.90 Å². The number of hydrogen-bond donors (Lipinski definition) is 1. The largest absolute Gasteiger partial charge is 0.474 e. The maximum absolute atomic E-state index is 5.37. The van der Waals surface area contributed by atoms with Gasteiger partial charge >= 0.3 is 0 Å². The van der Waals surface area contributed by atoms with E-state index >= 15 is 0 Å². The zero-order chi connectivity index (χ0) is 6.27. The van der Waals surface area contributed by atoms with Gasteiger partial charge in [0.2, 0.25) is 0 Å². The number of aliphatic imine (C=N–C) groups is 1. The summed E-state index contributed by atoms with van der Waals surface area (Å²) in [5.74, 6) is 0.853. The Bertz CT molecular complexity index is 155. The second kappa shape index (κ2) is 1.70. The molecule has 0 bridgehead atoms. The van der Waals surface area contributed by atoms with E-state index in [9.17, 15) is 0 Å². The number of nitrogens with zero attached hydrogens (tertiary/aromatic N) is 1. The number of ether oxygens (including phenoxy) is 1. The van der Waals surface area contributed by atoms with Crippen molar-refractivity contribution in [3.05, 3.63) is 0 Å². The molecule has 1 saturated heterocycles. The van der Waals surface area contributed by atoms with Crippen LogP contribution in [0.25, 0.3) is 0 Å². The lowest BCUT2D eigenvalue weighted by Crippen LogP contribution is -2.19. The SMILES string of the molecule is CC1=NC2CNCC2O1. The van der Waals surface area contributed by atoms with Crippen LogP contribution in [0, 0.1) is 0 Å². The molecule has 0 aromatic carbocycles. The van der Waals surface area contributed by atoms with Gasteiger partial charge in [0.25, 0.3) is 0 Å². The molecule has 0 radical (unpaired) electrons. The lowest BCUT2D eigenvalue weighted by Gasteiger charge is -2.04. The second-order valence-electron chi connectivity index (χ2n) is 2.53. The van der Waals surface area contributed by atoms with E-state index in [1.807, 2.05) is 6.92 Å². The van der Waals surface area contributed by atoms with Crippen molar-refractivity contribution in [2.75, 3.05) is 13.1 Å². The minimum Gasteiger partial charge on any atom is -0.474 e. The van der Waals surface area contributed by atoms with Crippen LogP contribution >= 0.6 is 0 Å². The van der Waals surface area contributed by atoms with Crippen molar-refractivity contribution in [2.45, 2.75) is 19.1 Å². The molecule has 1 fully saturated rings. The van der Waals surface area contributed by atoms with Crippen molar-refractivity contribution < 1.29 is 4.74 Å². The molecule has 0 aliphatic carbocycles. The van der Waals surface area contributed by atoms with Crippen LogP contribution in [0.2, 0.25) is 0 Å². The standard InChI is InChI=1S/C6H10N2O/c1-4-8-5-2-7-3-6(5)9-4/h5-7H,2-3H2,1H3. The number of nitrogens with one attached hydrogen (secondary N) is 1. The summed E-state index contributed by atoms with van der Waals surface area (Å²) in [6.07, 6.45) is 0.338. The lowest BCUT2D eigenvalue weighted by atomic mass is 10.2. The lowest BCUT2D eigenvalue weighted by molar-refractivity contribution is 0.223. The Balaban J connectivity index is 2.13. The highest BCUT2D eigenvalue weighted by atomic mass is 16.5. The van der Waals surface area contributed by atoms with Crippen molar-refractivity contribution in [1.29, 1.82) is 0 Å². The van der Waals surface area contributed by atoms with Gasteiger partial charge in [-0.2, -0.15) is 0 Å². The van der Waals surface area contributed by atoms with Crippen LogP contribution in [0.3, 0.4) is 0 Å².